The van der Waals surface area contributed by atoms with Gasteiger partial charge in [-0.25, -0.2) is 4.39 Å². The lowest BCUT2D eigenvalue weighted by Crippen LogP contribution is -2.34. The minimum atomic E-state index is -0.396. The van der Waals surface area contributed by atoms with Crippen molar-refractivity contribution < 1.29 is 9.50 Å². The zero-order chi connectivity index (χ0) is 13.1. The standard InChI is InChI=1S/C15H22FNO/c1-10(12-5-3-4-6-12)17-11(2)14-8-7-13(16)9-15(14)18/h7-12,17-18H,3-6H2,1-2H3/t10-,11?/m1/s1. The van der Waals surface area contributed by atoms with Gasteiger partial charge in [-0.1, -0.05) is 18.9 Å². The minimum Gasteiger partial charge on any atom is -0.508 e. The largest absolute Gasteiger partial charge is 0.508 e. The molecule has 1 aromatic rings. The average Bonchev–Trinajstić information content (AvgIpc) is 2.81. The van der Waals surface area contributed by atoms with Crippen molar-refractivity contribution in [2.75, 3.05) is 0 Å². The smallest absolute Gasteiger partial charge is 0.126 e. The Kier molecular flexibility index (Phi) is 4.23. The summed E-state index contributed by atoms with van der Waals surface area (Å²) in [6, 6.07) is 4.71. The predicted molar refractivity (Wildman–Crippen MR) is 71.0 cm³/mol. The molecule has 1 aliphatic carbocycles. The summed E-state index contributed by atoms with van der Waals surface area (Å²) < 4.78 is 12.9. The molecule has 18 heavy (non-hydrogen) atoms. The van der Waals surface area contributed by atoms with Crippen molar-refractivity contribution in [2.45, 2.75) is 51.6 Å². The number of halogens is 1. The van der Waals surface area contributed by atoms with Crippen LogP contribution in [0.3, 0.4) is 0 Å². The average molecular weight is 251 g/mol. The van der Waals surface area contributed by atoms with Gasteiger partial charge in [0.2, 0.25) is 0 Å². The van der Waals surface area contributed by atoms with Crippen LogP contribution in [0.15, 0.2) is 18.2 Å². The lowest BCUT2D eigenvalue weighted by Gasteiger charge is -2.25. The van der Waals surface area contributed by atoms with E-state index >= 15 is 0 Å². The van der Waals surface area contributed by atoms with Crippen molar-refractivity contribution in [3.05, 3.63) is 29.6 Å². The van der Waals surface area contributed by atoms with E-state index in [0.717, 1.165) is 11.5 Å². The fourth-order valence-corrected chi connectivity index (χ4v) is 2.96. The van der Waals surface area contributed by atoms with Gasteiger partial charge in [0, 0.05) is 23.7 Å². The minimum absolute atomic E-state index is 0.0358. The third kappa shape index (κ3) is 3.02. The van der Waals surface area contributed by atoms with E-state index in [1.54, 1.807) is 6.07 Å². The van der Waals surface area contributed by atoms with E-state index in [0.29, 0.717) is 6.04 Å². The number of benzene rings is 1. The Morgan fingerprint density at radius 3 is 2.56 bits per heavy atom. The number of aromatic hydroxyl groups is 1. The molecular weight excluding hydrogens is 229 g/mol. The normalized spacial score (nSPS) is 19.9. The van der Waals surface area contributed by atoms with Crippen LogP contribution in [0.4, 0.5) is 4.39 Å². The van der Waals surface area contributed by atoms with E-state index in [-0.39, 0.29) is 11.8 Å². The van der Waals surface area contributed by atoms with Crippen molar-refractivity contribution in [1.29, 1.82) is 0 Å². The van der Waals surface area contributed by atoms with Crippen molar-refractivity contribution in [3.63, 3.8) is 0 Å². The quantitative estimate of drug-likeness (QED) is 0.854. The molecule has 2 N–H and O–H groups in total. The van der Waals surface area contributed by atoms with Gasteiger partial charge in [0.1, 0.15) is 11.6 Å². The molecule has 0 radical (unpaired) electrons. The predicted octanol–water partition coefficient (Wildman–Crippen LogP) is 3.76. The van der Waals surface area contributed by atoms with Crippen LogP contribution in [-0.4, -0.2) is 11.1 Å². The molecule has 3 heteroatoms. The molecule has 0 aliphatic heterocycles. The first-order valence-corrected chi connectivity index (χ1v) is 6.82. The van der Waals surface area contributed by atoms with Gasteiger partial charge in [-0.3, -0.25) is 0 Å². The molecule has 1 fully saturated rings. The van der Waals surface area contributed by atoms with Gasteiger partial charge in [0.25, 0.3) is 0 Å². The van der Waals surface area contributed by atoms with Crippen LogP contribution in [0.25, 0.3) is 0 Å². The van der Waals surface area contributed by atoms with Crippen molar-refractivity contribution in [2.24, 2.45) is 5.92 Å². The number of hydrogen-bond acceptors (Lipinski definition) is 2. The molecule has 1 saturated carbocycles. The van der Waals surface area contributed by atoms with Gasteiger partial charge in [-0.2, -0.15) is 0 Å². The molecule has 0 aromatic heterocycles. The van der Waals surface area contributed by atoms with E-state index in [2.05, 4.69) is 12.2 Å². The summed E-state index contributed by atoms with van der Waals surface area (Å²) in [6.07, 6.45) is 5.23. The maximum Gasteiger partial charge on any atom is 0.126 e. The van der Waals surface area contributed by atoms with E-state index in [1.807, 2.05) is 6.92 Å². The van der Waals surface area contributed by atoms with Crippen LogP contribution in [-0.2, 0) is 0 Å². The lowest BCUT2D eigenvalue weighted by atomic mass is 9.97. The SMILES string of the molecule is CC(N[C@H](C)C1CCCC1)c1ccc(F)cc1O. The highest BCUT2D eigenvalue weighted by molar-refractivity contribution is 5.34. The highest BCUT2D eigenvalue weighted by Gasteiger charge is 2.23. The fraction of sp³-hybridized carbons (Fsp3) is 0.600. The molecule has 0 amide bonds. The summed E-state index contributed by atoms with van der Waals surface area (Å²) in [5, 5.41) is 13.3. The van der Waals surface area contributed by atoms with Crippen molar-refractivity contribution in [3.8, 4) is 5.75 Å². The first kappa shape index (κ1) is 13.3. The van der Waals surface area contributed by atoms with E-state index in [1.165, 1.54) is 37.8 Å². The van der Waals surface area contributed by atoms with E-state index < -0.39 is 5.82 Å². The molecule has 0 spiro atoms. The maximum atomic E-state index is 12.9. The Morgan fingerprint density at radius 2 is 1.94 bits per heavy atom. The van der Waals surface area contributed by atoms with E-state index in [9.17, 15) is 9.50 Å². The van der Waals surface area contributed by atoms with Gasteiger partial charge in [-0.15, -0.1) is 0 Å². The second-order valence-corrected chi connectivity index (χ2v) is 5.42. The first-order chi connectivity index (χ1) is 8.58. The maximum absolute atomic E-state index is 12.9. The summed E-state index contributed by atoms with van der Waals surface area (Å²) in [6.45, 7) is 4.21. The van der Waals surface area contributed by atoms with Crippen LogP contribution < -0.4 is 5.32 Å². The molecule has 0 bridgehead atoms. The molecule has 1 aliphatic rings. The molecule has 2 nitrogen and oxygen atoms in total. The molecular formula is C15H22FNO. The van der Waals surface area contributed by atoms with Gasteiger partial charge in [-0.05, 0) is 38.7 Å². The van der Waals surface area contributed by atoms with Gasteiger partial charge < -0.3 is 10.4 Å². The van der Waals surface area contributed by atoms with Crippen LogP contribution in [0.5, 0.6) is 5.75 Å². The number of phenolic OH excluding ortho intramolecular Hbond substituents is 1. The second kappa shape index (κ2) is 5.70. The van der Waals surface area contributed by atoms with Crippen molar-refractivity contribution in [1.82, 2.24) is 5.32 Å². The number of rotatable bonds is 4. The molecule has 1 unspecified atom stereocenters. The van der Waals surface area contributed by atoms with Crippen LogP contribution in [0.2, 0.25) is 0 Å². The summed E-state index contributed by atoms with van der Waals surface area (Å²) in [5.41, 5.74) is 0.765. The summed E-state index contributed by atoms with van der Waals surface area (Å²) in [4.78, 5) is 0. The summed E-state index contributed by atoms with van der Waals surface area (Å²) in [7, 11) is 0. The van der Waals surface area contributed by atoms with E-state index in [4.69, 9.17) is 0 Å². The highest BCUT2D eigenvalue weighted by atomic mass is 19.1. The van der Waals surface area contributed by atoms with Gasteiger partial charge >= 0.3 is 0 Å². The fourth-order valence-electron chi connectivity index (χ4n) is 2.96. The Morgan fingerprint density at radius 1 is 1.28 bits per heavy atom. The Labute approximate surface area is 108 Å². The molecule has 0 saturated heterocycles. The number of hydrogen-bond donors (Lipinski definition) is 2. The Balaban J connectivity index is 2.00. The monoisotopic (exact) mass is 251 g/mol. The molecule has 2 rings (SSSR count). The topological polar surface area (TPSA) is 32.3 Å². The summed E-state index contributed by atoms with van der Waals surface area (Å²) in [5.74, 6) is 0.371. The van der Waals surface area contributed by atoms with Gasteiger partial charge in [0.05, 0.1) is 0 Å². The van der Waals surface area contributed by atoms with Crippen LogP contribution in [0, 0.1) is 11.7 Å². The number of nitrogens with one attached hydrogen (secondary N) is 1. The zero-order valence-electron chi connectivity index (χ0n) is 11.1. The first-order valence-electron chi connectivity index (χ1n) is 6.82. The van der Waals surface area contributed by atoms with Crippen LogP contribution in [0.1, 0.15) is 51.1 Å². The lowest BCUT2D eigenvalue weighted by molar-refractivity contribution is 0.347. The molecule has 0 heterocycles. The molecule has 1 aromatic carbocycles. The Bertz CT molecular complexity index is 401. The van der Waals surface area contributed by atoms with Crippen molar-refractivity contribution >= 4 is 0 Å². The molecule has 100 valence electrons. The van der Waals surface area contributed by atoms with Crippen LogP contribution >= 0.6 is 0 Å². The molecule has 2 atom stereocenters. The highest BCUT2D eigenvalue weighted by Crippen LogP contribution is 2.30. The second-order valence-electron chi connectivity index (χ2n) is 5.42. The third-order valence-corrected chi connectivity index (χ3v) is 4.08. The third-order valence-electron chi connectivity index (χ3n) is 4.08. The Hall–Kier alpha value is -1.09. The van der Waals surface area contributed by atoms with Gasteiger partial charge in [0.15, 0.2) is 0 Å². The zero-order valence-corrected chi connectivity index (χ0v) is 11.1. The summed E-state index contributed by atoms with van der Waals surface area (Å²) >= 11 is 0. The number of phenols is 1.